The van der Waals surface area contributed by atoms with E-state index >= 15 is 0 Å². The van der Waals surface area contributed by atoms with E-state index in [0.29, 0.717) is 12.4 Å². The van der Waals surface area contributed by atoms with Gasteiger partial charge in [0.2, 0.25) is 5.76 Å². The highest BCUT2D eigenvalue weighted by molar-refractivity contribution is 5.88. The minimum absolute atomic E-state index is 0.268. The lowest BCUT2D eigenvalue weighted by molar-refractivity contribution is 0.0459. The van der Waals surface area contributed by atoms with Gasteiger partial charge >= 0.3 is 5.97 Å². The third-order valence-electron chi connectivity index (χ3n) is 4.43. The van der Waals surface area contributed by atoms with Gasteiger partial charge in [-0.3, -0.25) is 0 Å². The third-order valence-corrected chi connectivity index (χ3v) is 4.43. The topological polar surface area (TPSA) is 39.4 Å². The van der Waals surface area contributed by atoms with Crippen LogP contribution >= 0.6 is 0 Å². The molecule has 0 N–H and O–H groups in total. The van der Waals surface area contributed by atoms with E-state index in [2.05, 4.69) is 27.7 Å². The Labute approximate surface area is 148 Å². The average Bonchev–Trinajstić information content (AvgIpc) is 2.93. The number of esters is 1. The van der Waals surface area contributed by atoms with E-state index in [0.717, 1.165) is 82.0 Å². The van der Waals surface area contributed by atoms with Crippen molar-refractivity contribution in [1.29, 1.82) is 0 Å². The van der Waals surface area contributed by atoms with Gasteiger partial charge in [0.1, 0.15) is 5.76 Å². The maximum atomic E-state index is 12.5. The normalized spacial score (nSPS) is 11.0. The summed E-state index contributed by atoms with van der Waals surface area (Å²) in [7, 11) is 0. The molecule has 1 rings (SSSR count). The fourth-order valence-electron chi connectivity index (χ4n) is 2.89. The summed E-state index contributed by atoms with van der Waals surface area (Å²) in [6.07, 6.45) is 11.5. The van der Waals surface area contributed by atoms with Crippen molar-refractivity contribution in [3.63, 3.8) is 0 Å². The van der Waals surface area contributed by atoms with Crippen molar-refractivity contribution in [1.82, 2.24) is 0 Å². The van der Waals surface area contributed by atoms with Gasteiger partial charge in [-0.25, -0.2) is 4.79 Å². The summed E-state index contributed by atoms with van der Waals surface area (Å²) in [5.74, 6) is 1.24. The minimum atomic E-state index is -0.268. The van der Waals surface area contributed by atoms with Gasteiger partial charge in [0.15, 0.2) is 0 Å². The Morgan fingerprint density at radius 1 is 0.792 bits per heavy atom. The lowest BCUT2D eigenvalue weighted by atomic mass is 9.96. The average molecular weight is 337 g/mol. The highest BCUT2D eigenvalue weighted by atomic mass is 16.5. The highest BCUT2D eigenvalue weighted by Gasteiger charge is 2.24. The lowest BCUT2D eigenvalue weighted by Crippen LogP contribution is -2.08. The first kappa shape index (κ1) is 20.8. The Hall–Kier alpha value is -1.25. The Balaban J connectivity index is 3.07. The van der Waals surface area contributed by atoms with E-state index in [9.17, 15) is 4.79 Å². The van der Waals surface area contributed by atoms with Crippen molar-refractivity contribution in [2.24, 2.45) is 0 Å². The van der Waals surface area contributed by atoms with Crippen LogP contribution in [-0.4, -0.2) is 12.6 Å². The summed E-state index contributed by atoms with van der Waals surface area (Å²) in [5, 5.41) is 0. The Morgan fingerprint density at radius 2 is 1.33 bits per heavy atom. The molecule has 0 radical (unpaired) electrons. The first-order valence-electron chi connectivity index (χ1n) is 9.99. The van der Waals surface area contributed by atoms with E-state index < -0.39 is 0 Å². The van der Waals surface area contributed by atoms with Gasteiger partial charge in [0.05, 0.1) is 6.61 Å². The first-order chi connectivity index (χ1) is 11.7. The molecule has 0 fully saturated rings. The molecule has 1 aromatic rings. The predicted molar refractivity (Wildman–Crippen MR) is 99.7 cm³/mol. The van der Waals surface area contributed by atoms with E-state index in [1.54, 1.807) is 0 Å². The molecular weight excluding hydrogens is 300 g/mol. The molecule has 0 aromatic carbocycles. The van der Waals surface area contributed by atoms with E-state index in [1.165, 1.54) is 5.56 Å². The Kier molecular flexibility index (Phi) is 10.5. The second-order valence-corrected chi connectivity index (χ2v) is 6.61. The monoisotopic (exact) mass is 336 g/mol. The number of ether oxygens (including phenoxy) is 1. The quantitative estimate of drug-likeness (QED) is 0.315. The molecule has 3 heteroatoms. The zero-order valence-electron chi connectivity index (χ0n) is 16.2. The second kappa shape index (κ2) is 12.2. The number of carbonyl (C=O) groups is 1. The van der Waals surface area contributed by atoms with Gasteiger partial charge in [0, 0.05) is 12.0 Å². The van der Waals surface area contributed by atoms with E-state index in [-0.39, 0.29) is 5.97 Å². The molecule has 0 spiro atoms. The van der Waals surface area contributed by atoms with Crippen molar-refractivity contribution < 1.29 is 13.9 Å². The maximum absolute atomic E-state index is 12.5. The van der Waals surface area contributed by atoms with Crippen molar-refractivity contribution >= 4 is 5.97 Å². The van der Waals surface area contributed by atoms with Crippen LogP contribution in [-0.2, 0) is 24.0 Å². The summed E-state index contributed by atoms with van der Waals surface area (Å²) in [5.41, 5.74) is 2.42. The lowest BCUT2D eigenvalue weighted by Gasteiger charge is -2.06. The van der Waals surface area contributed by atoms with Gasteiger partial charge in [-0.05, 0) is 44.1 Å². The summed E-state index contributed by atoms with van der Waals surface area (Å²) < 4.78 is 11.5. The summed E-state index contributed by atoms with van der Waals surface area (Å²) >= 11 is 0. The molecule has 24 heavy (non-hydrogen) atoms. The minimum Gasteiger partial charge on any atom is -0.460 e. The fourth-order valence-corrected chi connectivity index (χ4v) is 2.89. The molecule has 0 unspecified atom stereocenters. The van der Waals surface area contributed by atoms with Gasteiger partial charge in [-0.2, -0.15) is 0 Å². The molecule has 0 atom stereocenters. The third kappa shape index (κ3) is 6.33. The number of furan rings is 1. The van der Waals surface area contributed by atoms with Crippen LogP contribution in [0.1, 0.15) is 107 Å². The Morgan fingerprint density at radius 3 is 1.92 bits per heavy atom. The number of rotatable bonds is 13. The fraction of sp³-hybridized carbons (Fsp3) is 0.762. The number of carbonyl (C=O) groups excluding carboxylic acids is 1. The highest BCUT2D eigenvalue weighted by Crippen LogP contribution is 2.29. The van der Waals surface area contributed by atoms with Gasteiger partial charge in [-0.1, -0.05) is 53.4 Å². The second-order valence-electron chi connectivity index (χ2n) is 6.61. The van der Waals surface area contributed by atoms with Crippen molar-refractivity contribution in [2.45, 2.75) is 98.3 Å². The molecule has 1 aromatic heterocycles. The molecule has 1 heterocycles. The number of unbranched alkanes of at least 4 members (excludes halogenated alkanes) is 4. The molecule has 3 nitrogen and oxygen atoms in total. The van der Waals surface area contributed by atoms with Gasteiger partial charge < -0.3 is 9.15 Å². The molecule has 0 saturated carbocycles. The van der Waals surface area contributed by atoms with Gasteiger partial charge in [-0.15, -0.1) is 0 Å². The standard InChI is InChI=1S/C21H36O3/c1-5-9-13-17-18(14-10-6-2)20(21(22)23-16-12-8-4)24-19(17)15-11-7-3/h5-16H2,1-4H3. The van der Waals surface area contributed by atoms with Crippen molar-refractivity contribution in [2.75, 3.05) is 6.61 Å². The number of aryl methyl sites for hydroxylation is 1. The van der Waals surface area contributed by atoms with Crippen LogP contribution in [0.15, 0.2) is 4.42 Å². The van der Waals surface area contributed by atoms with Crippen molar-refractivity contribution in [3.8, 4) is 0 Å². The smallest absolute Gasteiger partial charge is 0.374 e. The molecule has 138 valence electrons. The maximum Gasteiger partial charge on any atom is 0.374 e. The summed E-state index contributed by atoms with van der Waals surface area (Å²) in [4.78, 5) is 12.5. The summed E-state index contributed by atoms with van der Waals surface area (Å²) in [6.45, 7) is 9.16. The molecule has 0 aliphatic heterocycles. The van der Waals surface area contributed by atoms with Crippen LogP contribution < -0.4 is 0 Å². The molecule has 0 aliphatic rings. The first-order valence-corrected chi connectivity index (χ1v) is 9.99. The zero-order valence-corrected chi connectivity index (χ0v) is 16.2. The molecule has 0 aliphatic carbocycles. The van der Waals surface area contributed by atoms with E-state index in [1.807, 2.05) is 0 Å². The van der Waals surface area contributed by atoms with Crippen LogP contribution in [0, 0.1) is 0 Å². The SMILES string of the molecule is CCCCOC(=O)c1oc(CCCC)c(CCCC)c1CCCC. The molecule has 0 bridgehead atoms. The van der Waals surface area contributed by atoms with Crippen molar-refractivity contribution in [3.05, 3.63) is 22.6 Å². The van der Waals surface area contributed by atoms with Crippen LogP contribution in [0.5, 0.6) is 0 Å². The van der Waals surface area contributed by atoms with Crippen LogP contribution in [0.4, 0.5) is 0 Å². The molecule has 0 saturated heterocycles. The summed E-state index contributed by atoms with van der Waals surface area (Å²) in [6, 6.07) is 0. The molecular formula is C21H36O3. The molecule has 0 amide bonds. The van der Waals surface area contributed by atoms with E-state index in [4.69, 9.17) is 9.15 Å². The van der Waals surface area contributed by atoms with Crippen LogP contribution in [0.25, 0.3) is 0 Å². The number of hydrogen-bond acceptors (Lipinski definition) is 3. The number of hydrogen-bond donors (Lipinski definition) is 0. The van der Waals surface area contributed by atoms with Crippen LogP contribution in [0.2, 0.25) is 0 Å². The predicted octanol–water partition coefficient (Wildman–Crippen LogP) is 6.26. The van der Waals surface area contributed by atoms with Crippen LogP contribution in [0.3, 0.4) is 0 Å². The van der Waals surface area contributed by atoms with Gasteiger partial charge in [0.25, 0.3) is 0 Å². The largest absolute Gasteiger partial charge is 0.460 e. The Bertz CT molecular complexity index is 474. The zero-order chi connectivity index (χ0) is 17.8.